The van der Waals surface area contributed by atoms with Gasteiger partial charge in [0.1, 0.15) is 11.3 Å². The Hall–Kier alpha value is -3.41. The number of carbonyl (C=O) groups excluding carboxylic acids is 1. The number of aromatic amines is 1. The highest BCUT2D eigenvalue weighted by Crippen LogP contribution is 2.15. The summed E-state index contributed by atoms with van der Waals surface area (Å²) >= 11 is 0. The highest BCUT2D eigenvalue weighted by Gasteiger charge is 2.04. The predicted octanol–water partition coefficient (Wildman–Crippen LogP) is 3.08. The maximum absolute atomic E-state index is 11.9. The molecule has 0 saturated carbocycles. The van der Waals surface area contributed by atoms with Crippen molar-refractivity contribution in [1.29, 1.82) is 0 Å². The highest BCUT2D eigenvalue weighted by molar-refractivity contribution is 5.91. The Morgan fingerprint density at radius 1 is 1.08 bits per heavy atom. The number of para-hydroxylation sites is 4. The molecule has 2 aromatic heterocycles. The number of hydrogen-bond acceptors (Lipinski definition) is 4. The van der Waals surface area contributed by atoms with E-state index in [9.17, 15) is 4.79 Å². The molecule has 4 rings (SSSR count). The van der Waals surface area contributed by atoms with Crippen LogP contribution < -0.4 is 5.32 Å². The molecule has 2 heterocycles. The van der Waals surface area contributed by atoms with Gasteiger partial charge >= 0.3 is 0 Å². The summed E-state index contributed by atoms with van der Waals surface area (Å²) in [6.07, 6.45) is 3.62. The number of rotatable bonds is 5. The number of fused-ring (bicyclic) bond motifs is 2. The van der Waals surface area contributed by atoms with Crippen molar-refractivity contribution in [2.45, 2.75) is 6.42 Å². The molecule has 0 saturated heterocycles. The minimum Gasteiger partial charge on any atom is -0.437 e. The van der Waals surface area contributed by atoms with Crippen LogP contribution in [-0.4, -0.2) is 27.4 Å². The third-order valence-corrected chi connectivity index (χ3v) is 3.79. The summed E-state index contributed by atoms with van der Waals surface area (Å²) in [6.45, 7) is 0.497. The number of aromatic nitrogens is 3. The molecule has 0 aliphatic heterocycles. The maximum Gasteiger partial charge on any atom is 0.244 e. The number of carbonyl (C=O) groups is 1. The first kappa shape index (κ1) is 15.1. The molecule has 0 radical (unpaired) electrons. The lowest BCUT2D eigenvalue weighted by atomic mass is 10.3. The van der Waals surface area contributed by atoms with E-state index in [2.05, 4.69) is 20.3 Å². The third-order valence-electron chi connectivity index (χ3n) is 3.79. The number of benzene rings is 2. The molecule has 4 aromatic rings. The van der Waals surface area contributed by atoms with E-state index < -0.39 is 0 Å². The minimum atomic E-state index is -0.196. The summed E-state index contributed by atoms with van der Waals surface area (Å²) in [5, 5.41) is 2.82. The van der Waals surface area contributed by atoms with Crippen molar-refractivity contribution in [3.05, 3.63) is 66.3 Å². The van der Waals surface area contributed by atoms with Gasteiger partial charge < -0.3 is 14.7 Å². The molecule has 6 nitrogen and oxygen atoms in total. The molecule has 0 fully saturated rings. The molecule has 0 unspecified atom stereocenters. The summed E-state index contributed by atoms with van der Waals surface area (Å²) in [7, 11) is 0. The maximum atomic E-state index is 11.9. The molecule has 0 aliphatic carbocycles. The van der Waals surface area contributed by atoms with Gasteiger partial charge in [0.05, 0.1) is 11.0 Å². The van der Waals surface area contributed by atoms with Crippen LogP contribution in [0.3, 0.4) is 0 Å². The Kier molecular flexibility index (Phi) is 4.00. The van der Waals surface area contributed by atoms with E-state index in [-0.39, 0.29) is 5.91 Å². The number of oxazole rings is 1. The van der Waals surface area contributed by atoms with Crippen molar-refractivity contribution in [2.75, 3.05) is 6.54 Å². The largest absolute Gasteiger partial charge is 0.437 e. The third kappa shape index (κ3) is 3.42. The van der Waals surface area contributed by atoms with Gasteiger partial charge in [-0.15, -0.1) is 0 Å². The fourth-order valence-electron chi connectivity index (χ4n) is 2.60. The Balaban J connectivity index is 1.32. The number of nitrogens with one attached hydrogen (secondary N) is 2. The molecule has 0 bridgehead atoms. The Labute approximate surface area is 143 Å². The lowest BCUT2D eigenvalue weighted by molar-refractivity contribution is -0.116. The zero-order valence-electron chi connectivity index (χ0n) is 13.4. The molecule has 0 atom stereocenters. The normalized spacial score (nSPS) is 11.5. The van der Waals surface area contributed by atoms with E-state index in [0.29, 0.717) is 24.4 Å². The van der Waals surface area contributed by atoms with E-state index in [1.807, 2.05) is 48.5 Å². The average molecular weight is 332 g/mol. The van der Waals surface area contributed by atoms with Crippen LogP contribution in [0.2, 0.25) is 0 Å². The topological polar surface area (TPSA) is 83.8 Å². The molecule has 6 heteroatoms. The summed E-state index contributed by atoms with van der Waals surface area (Å²) in [5.74, 6) is 1.07. The smallest absolute Gasteiger partial charge is 0.244 e. The van der Waals surface area contributed by atoms with Crippen LogP contribution in [0.4, 0.5) is 0 Å². The van der Waals surface area contributed by atoms with Crippen molar-refractivity contribution in [3.8, 4) is 0 Å². The number of H-pyrrole nitrogens is 1. The van der Waals surface area contributed by atoms with E-state index in [1.165, 1.54) is 6.08 Å². The summed E-state index contributed by atoms with van der Waals surface area (Å²) in [4.78, 5) is 23.9. The number of hydrogen-bond donors (Lipinski definition) is 2. The van der Waals surface area contributed by atoms with E-state index in [1.54, 1.807) is 6.08 Å². The molecular weight excluding hydrogens is 316 g/mol. The first-order valence-corrected chi connectivity index (χ1v) is 8.03. The molecule has 0 aliphatic rings. The number of amides is 1. The molecule has 124 valence electrons. The Morgan fingerprint density at radius 3 is 2.72 bits per heavy atom. The molecule has 2 N–H and O–H groups in total. The minimum absolute atomic E-state index is 0.196. The summed E-state index contributed by atoms with van der Waals surface area (Å²) < 4.78 is 5.53. The van der Waals surface area contributed by atoms with Gasteiger partial charge in [-0.2, -0.15) is 0 Å². The molecule has 0 spiro atoms. The highest BCUT2D eigenvalue weighted by atomic mass is 16.3. The second-order valence-corrected chi connectivity index (χ2v) is 5.59. The van der Waals surface area contributed by atoms with Crippen LogP contribution in [0.25, 0.3) is 28.2 Å². The van der Waals surface area contributed by atoms with Crippen LogP contribution in [-0.2, 0) is 11.2 Å². The Bertz CT molecular complexity index is 995. The zero-order valence-corrected chi connectivity index (χ0v) is 13.4. The second-order valence-electron chi connectivity index (χ2n) is 5.59. The van der Waals surface area contributed by atoms with Gasteiger partial charge in [-0.1, -0.05) is 24.3 Å². The monoisotopic (exact) mass is 332 g/mol. The van der Waals surface area contributed by atoms with Crippen molar-refractivity contribution in [2.24, 2.45) is 0 Å². The van der Waals surface area contributed by atoms with Gasteiger partial charge in [-0.25, -0.2) is 9.97 Å². The fraction of sp³-hybridized carbons (Fsp3) is 0.105. The fourth-order valence-corrected chi connectivity index (χ4v) is 2.60. The van der Waals surface area contributed by atoms with Crippen LogP contribution in [0.15, 0.2) is 59.0 Å². The van der Waals surface area contributed by atoms with Crippen LogP contribution in [0.5, 0.6) is 0 Å². The predicted molar refractivity (Wildman–Crippen MR) is 95.9 cm³/mol. The second kappa shape index (κ2) is 6.60. The molecule has 25 heavy (non-hydrogen) atoms. The molecule has 2 aromatic carbocycles. The lowest BCUT2D eigenvalue weighted by Crippen LogP contribution is -2.23. The van der Waals surface area contributed by atoms with Crippen molar-refractivity contribution in [1.82, 2.24) is 20.3 Å². The number of imidazole rings is 1. The lowest BCUT2D eigenvalue weighted by Gasteiger charge is -1.99. The zero-order chi connectivity index (χ0) is 17.1. The first-order valence-electron chi connectivity index (χ1n) is 8.03. The van der Waals surface area contributed by atoms with Gasteiger partial charge in [0, 0.05) is 25.1 Å². The number of nitrogens with zero attached hydrogens (tertiary/aromatic N) is 2. The van der Waals surface area contributed by atoms with Gasteiger partial charge in [0.15, 0.2) is 5.58 Å². The van der Waals surface area contributed by atoms with Gasteiger partial charge in [-0.3, -0.25) is 4.79 Å². The standard InChI is InChI=1S/C19H16N4O2/c24-18(9-10-19-23-15-7-3-4-8-16(15)25-19)20-12-11-17-21-13-5-1-2-6-14(13)22-17/h1-10H,11-12H2,(H,20,24)(H,21,22)/b10-9+. The SMILES string of the molecule is O=C(/C=C/c1nc2ccccc2o1)NCCc1nc2ccccc2[nH]1. The summed E-state index contributed by atoms with van der Waals surface area (Å²) in [5.41, 5.74) is 3.40. The van der Waals surface area contributed by atoms with E-state index >= 15 is 0 Å². The van der Waals surface area contributed by atoms with Crippen molar-refractivity contribution >= 4 is 34.1 Å². The Morgan fingerprint density at radius 2 is 1.88 bits per heavy atom. The van der Waals surface area contributed by atoms with E-state index in [0.717, 1.165) is 22.4 Å². The van der Waals surface area contributed by atoms with Crippen LogP contribution >= 0.6 is 0 Å². The average Bonchev–Trinajstić information content (AvgIpc) is 3.23. The van der Waals surface area contributed by atoms with E-state index in [4.69, 9.17) is 4.42 Å². The van der Waals surface area contributed by atoms with Gasteiger partial charge in [0.25, 0.3) is 0 Å². The summed E-state index contributed by atoms with van der Waals surface area (Å²) in [6, 6.07) is 15.3. The first-order chi connectivity index (χ1) is 12.3. The van der Waals surface area contributed by atoms with Gasteiger partial charge in [-0.05, 0) is 24.3 Å². The van der Waals surface area contributed by atoms with Gasteiger partial charge in [0.2, 0.25) is 11.8 Å². The van der Waals surface area contributed by atoms with Crippen LogP contribution in [0.1, 0.15) is 11.7 Å². The van der Waals surface area contributed by atoms with Crippen LogP contribution in [0, 0.1) is 0 Å². The quantitative estimate of drug-likeness (QED) is 0.550. The van der Waals surface area contributed by atoms with Crippen molar-refractivity contribution in [3.63, 3.8) is 0 Å². The molecular formula is C19H16N4O2. The van der Waals surface area contributed by atoms with Crippen molar-refractivity contribution < 1.29 is 9.21 Å². The molecule has 1 amide bonds.